The molecule has 1 heterocycles. The molecule has 1 aliphatic carbocycles. The van der Waals surface area contributed by atoms with Crippen LogP contribution in [0.4, 0.5) is 0 Å². The SMILES string of the molecule is CC(C)CC1CCCC(N)(Cc2ccn(C)n2)C1. The second kappa shape index (κ2) is 5.43. The summed E-state index contributed by atoms with van der Waals surface area (Å²) in [5, 5.41) is 4.47. The molecule has 0 radical (unpaired) electrons. The molecule has 2 rings (SSSR count). The van der Waals surface area contributed by atoms with Gasteiger partial charge in [0.25, 0.3) is 0 Å². The highest BCUT2D eigenvalue weighted by Gasteiger charge is 2.33. The second-order valence-corrected chi connectivity index (χ2v) is 6.61. The van der Waals surface area contributed by atoms with Crippen molar-refractivity contribution in [1.82, 2.24) is 9.78 Å². The lowest BCUT2D eigenvalue weighted by molar-refractivity contribution is 0.199. The normalized spacial score (nSPS) is 28.8. The third-order valence-electron chi connectivity index (χ3n) is 4.09. The molecule has 1 fully saturated rings. The quantitative estimate of drug-likeness (QED) is 0.891. The van der Waals surface area contributed by atoms with Crippen molar-refractivity contribution in [1.29, 1.82) is 0 Å². The van der Waals surface area contributed by atoms with Crippen molar-refractivity contribution in [2.24, 2.45) is 24.6 Å². The Hall–Kier alpha value is -0.830. The number of nitrogens with zero attached hydrogens (tertiary/aromatic N) is 2. The van der Waals surface area contributed by atoms with E-state index in [1.807, 2.05) is 17.9 Å². The van der Waals surface area contributed by atoms with Crippen LogP contribution in [0, 0.1) is 11.8 Å². The van der Waals surface area contributed by atoms with Crippen molar-refractivity contribution in [3.8, 4) is 0 Å². The summed E-state index contributed by atoms with van der Waals surface area (Å²) in [6, 6.07) is 2.10. The standard InChI is InChI=1S/C15H27N3/c1-12(2)9-13-5-4-7-15(16,10-13)11-14-6-8-18(3)17-14/h6,8,12-13H,4-5,7,9-11,16H2,1-3H3. The van der Waals surface area contributed by atoms with Crippen molar-refractivity contribution < 1.29 is 0 Å². The lowest BCUT2D eigenvalue weighted by Gasteiger charge is -2.38. The molecule has 0 aliphatic heterocycles. The lowest BCUT2D eigenvalue weighted by atomic mass is 9.72. The van der Waals surface area contributed by atoms with E-state index in [0.29, 0.717) is 0 Å². The fourth-order valence-electron chi connectivity index (χ4n) is 3.47. The Bertz CT molecular complexity index is 383. The van der Waals surface area contributed by atoms with Crippen molar-refractivity contribution in [3.05, 3.63) is 18.0 Å². The van der Waals surface area contributed by atoms with Gasteiger partial charge >= 0.3 is 0 Å². The van der Waals surface area contributed by atoms with Crippen molar-refractivity contribution in [2.45, 2.75) is 57.9 Å². The molecule has 2 unspecified atom stereocenters. The number of nitrogens with two attached hydrogens (primary N) is 1. The predicted octanol–water partition coefficient (Wildman–Crippen LogP) is 2.90. The molecule has 102 valence electrons. The molecular weight excluding hydrogens is 222 g/mol. The van der Waals surface area contributed by atoms with Gasteiger partial charge in [-0.15, -0.1) is 0 Å². The second-order valence-electron chi connectivity index (χ2n) is 6.61. The number of rotatable bonds is 4. The van der Waals surface area contributed by atoms with Crippen LogP contribution in [0.15, 0.2) is 12.3 Å². The smallest absolute Gasteiger partial charge is 0.0642 e. The van der Waals surface area contributed by atoms with Gasteiger partial charge in [0, 0.05) is 25.2 Å². The molecule has 0 aromatic carbocycles. The minimum Gasteiger partial charge on any atom is -0.325 e. The molecule has 0 spiro atoms. The van der Waals surface area contributed by atoms with Crippen LogP contribution in [0.2, 0.25) is 0 Å². The average Bonchev–Trinajstić information content (AvgIpc) is 2.62. The predicted molar refractivity (Wildman–Crippen MR) is 75.2 cm³/mol. The zero-order valence-electron chi connectivity index (χ0n) is 12.0. The Morgan fingerprint density at radius 1 is 1.56 bits per heavy atom. The van der Waals surface area contributed by atoms with Crippen LogP contribution in [-0.4, -0.2) is 15.3 Å². The summed E-state index contributed by atoms with van der Waals surface area (Å²) >= 11 is 0. The molecule has 3 nitrogen and oxygen atoms in total. The Morgan fingerprint density at radius 2 is 2.33 bits per heavy atom. The van der Waals surface area contributed by atoms with Gasteiger partial charge in [0.1, 0.15) is 0 Å². The number of aryl methyl sites for hydroxylation is 1. The van der Waals surface area contributed by atoms with Gasteiger partial charge < -0.3 is 5.73 Å². The third kappa shape index (κ3) is 3.58. The molecule has 3 heteroatoms. The molecule has 0 bridgehead atoms. The van der Waals surface area contributed by atoms with E-state index in [9.17, 15) is 0 Å². The van der Waals surface area contributed by atoms with Crippen LogP contribution in [0.1, 0.15) is 51.6 Å². The summed E-state index contributed by atoms with van der Waals surface area (Å²) in [6.07, 6.45) is 9.22. The largest absolute Gasteiger partial charge is 0.325 e. The van der Waals surface area contributed by atoms with Crippen LogP contribution < -0.4 is 5.73 Å². The summed E-state index contributed by atoms with van der Waals surface area (Å²) in [4.78, 5) is 0. The first-order valence-corrected chi connectivity index (χ1v) is 7.24. The minimum absolute atomic E-state index is 0.0217. The lowest BCUT2D eigenvalue weighted by Crippen LogP contribution is -2.46. The van der Waals surface area contributed by atoms with Gasteiger partial charge in [0.2, 0.25) is 0 Å². The van der Waals surface area contributed by atoms with Crippen LogP contribution in [0.5, 0.6) is 0 Å². The molecular formula is C15H27N3. The maximum Gasteiger partial charge on any atom is 0.0642 e. The van der Waals surface area contributed by atoms with Crippen molar-refractivity contribution in [3.63, 3.8) is 0 Å². The number of hydrogen-bond donors (Lipinski definition) is 1. The van der Waals surface area contributed by atoms with E-state index in [0.717, 1.165) is 30.4 Å². The highest BCUT2D eigenvalue weighted by molar-refractivity contribution is 5.06. The topological polar surface area (TPSA) is 43.8 Å². The average molecular weight is 249 g/mol. The zero-order chi connectivity index (χ0) is 13.2. The summed E-state index contributed by atoms with van der Waals surface area (Å²) < 4.78 is 1.87. The molecule has 1 aliphatic rings. The van der Waals surface area contributed by atoms with Gasteiger partial charge in [-0.3, -0.25) is 4.68 Å². The first kappa shape index (κ1) is 13.6. The van der Waals surface area contributed by atoms with Crippen molar-refractivity contribution >= 4 is 0 Å². The van der Waals surface area contributed by atoms with Crippen LogP contribution in [0.3, 0.4) is 0 Å². The van der Waals surface area contributed by atoms with E-state index >= 15 is 0 Å². The van der Waals surface area contributed by atoms with E-state index in [2.05, 4.69) is 25.0 Å². The monoisotopic (exact) mass is 249 g/mol. The van der Waals surface area contributed by atoms with Gasteiger partial charge in [-0.1, -0.05) is 26.7 Å². The summed E-state index contributed by atoms with van der Waals surface area (Å²) in [5.74, 6) is 1.60. The van der Waals surface area contributed by atoms with Crippen LogP contribution in [-0.2, 0) is 13.5 Å². The van der Waals surface area contributed by atoms with E-state index in [1.165, 1.54) is 25.7 Å². The van der Waals surface area contributed by atoms with Crippen LogP contribution in [0.25, 0.3) is 0 Å². The minimum atomic E-state index is -0.0217. The molecule has 1 aromatic heterocycles. The summed E-state index contributed by atoms with van der Waals surface area (Å²) in [6.45, 7) is 4.62. The Kier molecular flexibility index (Phi) is 4.10. The van der Waals surface area contributed by atoms with Gasteiger partial charge in [0.05, 0.1) is 5.69 Å². The Labute approximate surface area is 111 Å². The third-order valence-corrected chi connectivity index (χ3v) is 4.09. The molecule has 2 N–H and O–H groups in total. The highest BCUT2D eigenvalue weighted by atomic mass is 15.2. The number of hydrogen-bond acceptors (Lipinski definition) is 2. The van der Waals surface area contributed by atoms with E-state index in [-0.39, 0.29) is 5.54 Å². The number of aromatic nitrogens is 2. The Balaban J connectivity index is 1.97. The van der Waals surface area contributed by atoms with Gasteiger partial charge in [-0.25, -0.2) is 0 Å². The molecule has 0 amide bonds. The van der Waals surface area contributed by atoms with E-state index in [4.69, 9.17) is 5.73 Å². The molecule has 1 saturated carbocycles. The zero-order valence-corrected chi connectivity index (χ0v) is 12.0. The van der Waals surface area contributed by atoms with Gasteiger partial charge in [0.15, 0.2) is 0 Å². The summed E-state index contributed by atoms with van der Waals surface area (Å²) in [7, 11) is 1.97. The van der Waals surface area contributed by atoms with Crippen molar-refractivity contribution in [2.75, 3.05) is 0 Å². The first-order valence-electron chi connectivity index (χ1n) is 7.24. The highest BCUT2D eigenvalue weighted by Crippen LogP contribution is 2.36. The molecule has 0 saturated heterocycles. The maximum absolute atomic E-state index is 6.62. The maximum atomic E-state index is 6.62. The fraction of sp³-hybridized carbons (Fsp3) is 0.800. The first-order chi connectivity index (χ1) is 8.47. The van der Waals surface area contributed by atoms with E-state index in [1.54, 1.807) is 0 Å². The van der Waals surface area contributed by atoms with Gasteiger partial charge in [-0.2, -0.15) is 5.10 Å². The van der Waals surface area contributed by atoms with E-state index < -0.39 is 0 Å². The fourth-order valence-corrected chi connectivity index (χ4v) is 3.47. The molecule has 1 aromatic rings. The summed E-state index contributed by atoms with van der Waals surface area (Å²) in [5.41, 5.74) is 7.74. The molecule has 18 heavy (non-hydrogen) atoms. The van der Waals surface area contributed by atoms with Gasteiger partial charge in [-0.05, 0) is 37.2 Å². The van der Waals surface area contributed by atoms with Crippen LogP contribution >= 0.6 is 0 Å². The Morgan fingerprint density at radius 3 is 2.94 bits per heavy atom. The molecule has 2 atom stereocenters.